The minimum atomic E-state index is -0.990. The maximum Gasteiger partial charge on any atom is 0.348 e. The molecule has 0 bridgehead atoms. The molecule has 1 aromatic heterocycles. The van der Waals surface area contributed by atoms with Gasteiger partial charge in [-0.2, -0.15) is 0 Å². The summed E-state index contributed by atoms with van der Waals surface area (Å²) < 4.78 is 17.9. The molecular weight excluding hydrogens is 574 g/mol. The fourth-order valence-corrected chi connectivity index (χ4v) is 8.17. The van der Waals surface area contributed by atoms with Crippen LogP contribution in [-0.2, 0) is 19.0 Å². The molecule has 0 unspecified atom stereocenters. The van der Waals surface area contributed by atoms with Crippen LogP contribution in [0.5, 0.6) is 0 Å². The van der Waals surface area contributed by atoms with Crippen molar-refractivity contribution < 1.29 is 28.9 Å². The van der Waals surface area contributed by atoms with Crippen molar-refractivity contribution in [3.63, 3.8) is 0 Å². The molecule has 1 saturated heterocycles. The smallest absolute Gasteiger partial charge is 0.348 e. The third kappa shape index (κ3) is 9.09. The summed E-state index contributed by atoms with van der Waals surface area (Å²) in [5, 5.41) is 10.3. The van der Waals surface area contributed by atoms with Gasteiger partial charge in [-0.15, -0.1) is 11.3 Å². The van der Waals surface area contributed by atoms with Gasteiger partial charge < -0.3 is 24.2 Å². The second kappa shape index (κ2) is 15.6. The van der Waals surface area contributed by atoms with Gasteiger partial charge >= 0.3 is 5.97 Å². The average Bonchev–Trinajstić information content (AvgIpc) is 3.68. The van der Waals surface area contributed by atoms with E-state index in [0.29, 0.717) is 29.2 Å². The third-order valence-electron chi connectivity index (χ3n) is 10.2. The number of anilines is 1. The molecule has 4 aliphatic rings. The molecule has 5 rings (SSSR count). The van der Waals surface area contributed by atoms with Crippen LogP contribution in [-0.4, -0.2) is 61.2 Å². The highest BCUT2D eigenvalue weighted by molar-refractivity contribution is 7.15. The van der Waals surface area contributed by atoms with Crippen LogP contribution in [0.15, 0.2) is 6.07 Å². The van der Waals surface area contributed by atoms with E-state index in [4.69, 9.17) is 14.2 Å². The van der Waals surface area contributed by atoms with Gasteiger partial charge in [0, 0.05) is 37.2 Å². The Morgan fingerprint density at radius 1 is 0.955 bits per heavy atom. The fourth-order valence-electron chi connectivity index (χ4n) is 7.33. The summed E-state index contributed by atoms with van der Waals surface area (Å²) in [4.78, 5) is 29.7. The number of nitrogens with zero attached hydrogens (tertiary/aromatic N) is 1. The molecule has 3 saturated carbocycles. The van der Waals surface area contributed by atoms with Crippen LogP contribution in [0, 0.1) is 29.1 Å². The zero-order chi connectivity index (χ0) is 31.1. The molecule has 0 spiro atoms. The SMILES string of the molecule is CC1CCC(C(=O)N(c2cc(C#CC(C)(C)CCOC3CCOCC3)sc2C(=O)O)C2CCC(OC3CCCC3)CC2)CC1. The molecule has 2 heterocycles. The second-order valence-corrected chi connectivity index (χ2v) is 15.4. The summed E-state index contributed by atoms with van der Waals surface area (Å²) in [6.45, 7) is 8.62. The monoisotopic (exact) mass is 627 g/mol. The van der Waals surface area contributed by atoms with E-state index in [2.05, 4.69) is 32.6 Å². The van der Waals surface area contributed by atoms with E-state index < -0.39 is 5.97 Å². The number of ether oxygens (including phenoxy) is 3. The number of carbonyl (C=O) groups excluding carboxylic acids is 1. The van der Waals surface area contributed by atoms with Crippen LogP contribution >= 0.6 is 11.3 Å². The molecule has 7 nitrogen and oxygen atoms in total. The predicted octanol–water partition coefficient (Wildman–Crippen LogP) is 7.84. The topological polar surface area (TPSA) is 85.3 Å². The number of carboxylic acid groups (broad SMARTS) is 1. The van der Waals surface area contributed by atoms with E-state index >= 15 is 0 Å². The molecule has 4 fully saturated rings. The maximum atomic E-state index is 14.3. The van der Waals surface area contributed by atoms with Crippen molar-refractivity contribution in [3.05, 3.63) is 15.8 Å². The number of hydrogen-bond donors (Lipinski definition) is 1. The lowest BCUT2D eigenvalue weighted by Gasteiger charge is -2.40. The van der Waals surface area contributed by atoms with Crippen molar-refractivity contribution in [1.82, 2.24) is 0 Å². The van der Waals surface area contributed by atoms with Crippen molar-refractivity contribution >= 4 is 28.9 Å². The fraction of sp³-hybridized carbons (Fsp3) is 0.778. The van der Waals surface area contributed by atoms with Gasteiger partial charge in [0.2, 0.25) is 5.91 Å². The summed E-state index contributed by atoms with van der Waals surface area (Å²) in [6.07, 6.45) is 15.7. The largest absolute Gasteiger partial charge is 0.477 e. The van der Waals surface area contributed by atoms with Crippen LogP contribution in [0.1, 0.15) is 132 Å². The van der Waals surface area contributed by atoms with E-state index in [1.54, 1.807) is 0 Å². The summed E-state index contributed by atoms with van der Waals surface area (Å²) >= 11 is 1.20. The third-order valence-corrected chi connectivity index (χ3v) is 11.3. The summed E-state index contributed by atoms with van der Waals surface area (Å²) in [5.41, 5.74) is 0.251. The zero-order valence-corrected chi connectivity index (χ0v) is 27.9. The minimum Gasteiger partial charge on any atom is -0.477 e. The molecule has 0 radical (unpaired) electrons. The summed E-state index contributed by atoms with van der Waals surface area (Å²) in [7, 11) is 0. The first-order valence-electron chi connectivity index (χ1n) is 17.3. The number of amides is 1. The normalized spacial score (nSPS) is 27.1. The molecular formula is C36H53NO6S. The summed E-state index contributed by atoms with van der Waals surface area (Å²) in [6, 6.07) is 1.86. The number of carbonyl (C=O) groups is 2. The van der Waals surface area contributed by atoms with Crippen LogP contribution in [0.4, 0.5) is 5.69 Å². The Hall–Kier alpha value is -1.92. The molecule has 0 aromatic carbocycles. The van der Waals surface area contributed by atoms with E-state index in [-0.39, 0.29) is 40.4 Å². The van der Waals surface area contributed by atoms with Crippen molar-refractivity contribution in [1.29, 1.82) is 0 Å². The van der Waals surface area contributed by atoms with Crippen molar-refractivity contribution in [2.45, 2.75) is 141 Å². The highest BCUT2D eigenvalue weighted by Gasteiger charge is 2.38. The Morgan fingerprint density at radius 2 is 1.61 bits per heavy atom. The number of aromatic carboxylic acids is 1. The van der Waals surface area contributed by atoms with Gasteiger partial charge in [-0.25, -0.2) is 4.79 Å². The first-order valence-corrected chi connectivity index (χ1v) is 18.1. The maximum absolute atomic E-state index is 14.3. The predicted molar refractivity (Wildman–Crippen MR) is 174 cm³/mol. The highest BCUT2D eigenvalue weighted by Crippen LogP contribution is 2.40. The number of hydrogen-bond acceptors (Lipinski definition) is 6. The van der Waals surface area contributed by atoms with E-state index in [9.17, 15) is 14.7 Å². The molecule has 3 aliphatic carbocycles. The number of thiophene rings is 1. The van der Waals surface area contributed by atoms with Gasteiger partial charge in [0.05, 0.1) is 28.9 Å². The Kier molecular flexibility index (Phi) is 11.8. The molecule has 8 heteroatoms. The zero-order valence-electron chi connectivity index (χ0n) is 27.1. The first kappa shape index (κ1) is 33.4. The molecule has 1 aromatic rings. The van der Waals surface area contributed by atoms with Gasteiger partial charge in [-0.05, 0) is 109 Å². The molecule has 1 amide bonds. The average molecular weight is 628 g/mol. The molecule has 1 aliphatic heterocycles. The van der Waals surface area contributed by atoms with Crippen molar-refractivity contribution in [3.8, 4) is 11.8 Å². The molecule has 44 heavy (non-hydrogen) atoms. The molecule has 244 valence electrons. The first-order chi connectivity index (χ1) is 21.2. The Morgan fingerprint density at radius 3 is 2.27 bits per heavy atom. The quantitative estimate of drug-likeness (QED) is 0.266. The van der Waals surface area contributed by atoms with Gasteiger partial charge in [-0.1, -0.05) is 31.6 Å². The second-order valence-electron chi connectivity index (χ2n) is 14.3. The minimum absolute atomic E-state index is 0.0161. The van der Waals surface area contributed by atoms with Crippen LogP contribution in [0.25, 0.3) is 0 Å². The Labute approximate surface area is 268 Å². The van der Waals surface area contributed by atoms with Crippen LogP contribution in [0.3, 0.4) is 0 Å². The van der Waals surface area contributed by atoms with Gasteiger partial charge in [0.1, 0.15) is 4.88 Å². The van der Waals surface area contributed by atoms with E-state index in [1.807, 2.05) is 11.0 Å². The standard InChI is InChI=1S/C36H53NO6S/c1-25-8-10-26(11-9-25)34(38)37(27-12-14-30(15-13-27)43-29-6-4-5-7-29)32-24-31(44-33(32)35(39)40)16-19-36(2,3)20-23-42-28-17-21-41-22-18-28/h24-30H,4-15,17-18,20-23H2,1-3H3,(H,39,40). The van der Waals surface area contributed by atoms with Crippen LogP contribution in [0.2, 0.25) is 0 Å². The Bertz CT molecular complexity index is 1150. The highest BCUT2D eigenvalue weighted by atomic mass is 32.1. The lowest BCUT2D eigenvalue weighted by atomic mass is 9.81. The Balaban J connectivity index is 1.32. The van der Waals surface area contributed by atoms with Gasteiger partial charge in [0.25, 0.3) is 0 Å². The lowest BCUT2D eigenvalue weighted by molar-refractivity contribution is -0.124. The molecule has 1 N–H and O–H groups in total. The van der Waals surface area contributed by atoms with Gasteiger partial charge in [0.15, 0.2) is 0 Å². The summed E-state index contributed by atoms with van der Waals surface area (Å²) in [5.74, 6) is 6.38. The van der Waals surface area contributed by atoms with Gasteiger partial charge in [-0.3, -0.25) is 4.79 Å². The van der Waals surface area contributed by atoms with E-state index in [0.717, 1.165) is 96.7 Å². The van der Waals surface area contributed by atoms with Crippen molar-refractivity contribution in [2.24, 2.45) is 17.3 Å². The van der Waals surface area contributed by atoms with Crippen molar-refractivity contribution in [2.75, 3.05) is 24.7 Å². The number of rotatable bonds is 10. The number of carboxylic acids is 1. The lowest BCUT2D eigenvalue weighted by Crippen LogP contribution is -2.47. The molecule has 0 atom stereocenters. The van der Waals surface area contributed by atoms with Crippen LogP contribution < -0.4 is 4.90 Å². The van der Waals surface area contributed by atoms with E-state index in [1.165, 1.54) is 24.2 Å².